The quantitative estimate of drug-likeness (QED) is 0.914. The number of rotatable bonds is 5. The van der Waals surface area contributed by atoms with Gasteiger partial charge in [-0.05, 0) is 25.5 Å². The van der Waals surface area contributed by atoms with Gasteiger partial charge in [-0.15, -0.1) is 0 Å². The van der Waals surface area contributed by atoms with Gasteiger partial charge in [-0.25, -0.2) is 13.4 Å². The summed E-state index contributed by atoms with van der Waals surface area (Å²) in [5, 5.41) is 3.38. The van der Waals surface area contributed by atoms with Crippen molar-refractivity contribution < 1.29 is 8.42 Å². The maximum Gasteiger partial charge on any atom is 0.177 e. The Morgan fingerprint density at radius 2 is 2.10 bits per heavy atom. The third-order valence-corrected chi connectivity index (χ3v) is 4.72. The van der Waals surface area contributed by atoms with E-state index >= 15 is 0 Å². The summed E-state index contributed by atoms with van der Waals surface area (Å²) in [4.78, 5) is 4.80. The molecule has 1 heterocycles. The molecule has 110 valence electrons. The number of hydrogen-bond donors (Lipinski definition) is 1. The molecule has 1 N–H and O–H groups in total. The molecule has 0 saturated carbocycles. The lowest BCUT2D eigenvalue weighted by atomic mass is 10.2. The lowest BCUT2D eigenvalue weighted by Crippen LogP contribution is -2.25. The van der Waals surface area contributed by atoms with Crippen LogP contribution in [0.3, 0.4) is 0 Å². The second-order valence-electron chi connectivity index (χ2n) is 5.17. The summed E-state index contributed by atoms with van der Waals surface area (Å²) >= 11 is 0. The standard InChI is InChI=1S/C14H21N3O2S/c1-5-10(2)15-9-13-16-14-11(17(13)3)7-6-8-12(14)20(4,18)19/h6-8,10,15H,5,9H2,1-4H3. The first kappa shape index (κ1) is 15.0. The monoisotopic (exact) mass is 295 g/mol. The maximum atomic E-state index is 11.8. The minimum atomic E-state index is -3.27. The molecule has 0 amide bonds. The zero-order valence-electron chi connectivity index (χ0n) is 12.3. The molecule has 0 aliphatic carbocycles. The molecule has 20 heavy (non-hydrogen) atoms. The van der Waals surface area contributed by atoms with Crippen LogP contribution in [0.1, 0.15) is 26.1 Å². The molecule has 0 bridgehead atoms. The van der Waals surface area contributed by atoms with E-state index in [0.717, 1.165) is 17.8 Å². The third kappa shape index (κ3) is 2.86. The van der Waals surface area contributed by atoms with E-state index in [1.165, 1.54) is 6.26 Å². The molecule has 1 aromatic heterocycles. The van der Waals surface area contributed by atoms with E-state index in [-0.39, 0.29) is 0 Å². The van der Waals surface area contributed by atoms with Crippen LogP contribution in [0.2, 0.25) is 0 Å². The van der Waals surface area contributed by atoms with Crippen LogP contribution in [-0.4, -0.2) is 30.3 Å². The number of imidazole rings is 1. The van der Waals surface area contributed by atoms with Gasteiger partial charge < -0.3 is 9.88 Å². The molecule has 2 rings (SSSR count). The van der Waals surface area contributed by atoms with Gasteiger partial charge in [0.2, 0.25) is 0 Å². The number of hydrogen-bond acceptors (Lipinski definition) is 4. The predicted octanol–water partition coefficient (Wildman–Crippen LogP) is 1.86. The van der Waals surface area contributed by atoms with Crippen LogP contribution in [-0.2, 0) is 23.4 Å². The first-order valence-electron chi connectivity index (χ1n) is 6.72. The number of benzene rings is 1. The highest BCUT2D eigenvalue weighted by Gasteiger charge is 2.17. The molecule has 1 unspecified atom stereocenters. The molecule has 5 nitrogen and oxygen atoms in total. The Balaban J connectivity index is 2.47. The van der Waals surface area contributed by atoms with Crippen molar-refractivity contribution in [1.82, 2.24) is 14.9 Å². The zero-order valence-corrected chi connectivity index (χ0v) is 13.2. The lowest BCUT2D eigenvalue weighted by molar-refractivity contribution is 0.517. The Kier molecular flexibility index (Phi) is 4.15. The van der Waals surface area contributed by atoms with Crippen LogP contribution in [0.25, 0.3) is 11.0 Å². The van der Waals surface area contributed by atoms with Gasteiger partial charge in [0.15, 0.2) is 9.84 Å². The van der Waals surface area contributed by atoms with Crippen LogP contribution in [0.5, 0.6) is 0 Å². The normalized spacial score (nSPS) is 13.8. The van der Waals surface area contributed by atoms with Gasteiger partial charge in [0, 0.05) is 19.3 Å². The highest BCUT2D eigenvalue weighted by molar-refractivity contribution is 7.91. The molecule has 0 aliphatic rings. The van der Waals surface area contributed by atoms with E-state index in [9.17, 15) is 8.42 Å². The first-order valence-corrected chi connectivity index (χ1v) is 8.61. The predicted molar refractivity (Wildman–Crippen MR) is 80.4 cm³/mol. The number of para-hydroxylation sites is 1. The van der Waals surface area contributed by atoms with Crippen LogP contribution in [0, 0.1) is 0 Å². The topological polar surface area (TPSA) is 64.0 Å². The number of nitrogens with one attached hydrogen (secondary N) is 1. The van der Waals surface area contributed by atoms with Gasteiger partial charge in [0.25, 0.3) is 0 Å². The molecule has 0 fully saturated rings. The summed E-state index contributed by atoms with van der Waals surface area (Å²) in [6, 6.07) is 5.66. The van der Waals surface area contributed by atoms with Crippen LogP contribution in [0.15, 0.2) is 23.1 Å². The number of sulfone groups is 1. The molecular weight excluding hydrogens is 274 g/mol. The summed E-state index contributed by atoms with van der Waals surface area (Å²) in [7, 11) is -1.35. The molecule has 0 radical (unpaired) electrons. The summed E-state index contributed by atoms with van der Waals surface area (Å²) in [5.41, 5.74) is 1.40. The van der Waals surface area contributed by atoms with E-state index in [1.54, 1.807) is 12.1 Å². The van der Waals surface area contributed by atoms with Crippen molar-refractivity contribution in [1.29, 1.82) is 0 Å². The Morgan fingerprint density at radius 1 is 1.40 bits per heavy atom. The van der Waals surface area contributed by atoms with Gasteiger partial charge in [0.1, 0.15) is 11.3 Å². The Morgan fingerprint density at radius 3 is 2.70 bits per heavy atom. The zero-order chi connectivity index (χ0) is 14.9. The van der Waals surface area contributed by atoms with Crippen molar-refractivity contribution >= 4 is 20.9 Å². The smallest absolute Gasteiger partial charge is 0.177 e. The largest absolute Gasteiger partial charge is 0.330 e. The summed E-state index contributed by atoms with van der Waals surface area (Å²) in [5.74, 6) is 0.844. The van der Waals surface area contributed by atoms with Crippen molar-refractivity contribution in [2.24, 2.45) is 7.05 Å². The second-order valence-corrected chi connectivity index (χ2v) is 7.16. The molecule has 1 atom stereocenters. The van der Waals surface area contributed by atoms with Gasteiger partial charge >= 0.3 is 0 Å². The highest BCUT2D eigenvalue weighted by Crippen LogP contribution is 2.23. The van der Waals surface area contributed by atoms with Gasteiger partial charge in [0.05, 0.1) is 17.0 Å². The summed E-state index contributed by atoms with van der Waals surface area (Å²) in [6.45, 7) is 4.86. The van der Waals surface area contributed by atoms with Gasteiger partial charge in [-0.2, -0.15) is 0 Å². The van der Waals surface area contributed by atoms with Crippen molar-refractivity contribution in [2.45, 2.75) is 37.8 Å². The van der Waals surface area contributed by atoms with Crippen LogP contribution in [0.4, 0.5) is 0 Å². The summed E-state index contributed by atoms with van der Waals surface area (Å²) < 4.78 is 25.6. The fraction of sp³-hybridized carbons (Fsp3) is 0.500. The average Bonchev–Trinajstić information content (AvgIpc) is 2.72. The minimum Gasteiger partial charge on any atom is -0.330 e. The highest BCUT2D eigenvalue weighted by atomic mass is 32.2. The van der Waals surface area contributed by atoms with Crippen molar-refractivity contribution in [3.63, 3.8) is 0 Å². The fourth-order valence-corrected chi connectivity index (χ4v) is 2.93. The average molecular weight is 295 g/mol. The third-order valence-electron chi connectivity index (χ3n) is 3.59. The van der Waals surface area contributed by atoms with Crippen LogP contribution < -0.4 is 5.32 Å². The van der Waals surface area contributed by atoms with Crippen LogP contribution >= 0.6 is 0 Å². The Bertz CT molecular complexity index is 719. The molecule has 6 heteroatoms. The van der Waals surface area contributed by atoms with E-state index in [1.807, 2.05) is 17.7 Å². The molecular formula is C14H21N3O2S. The molecule has 1 aromatic carbocycles. The van der Waals surface area contributed by atoms with E-state index in [4.69, 9.17) is 0 Å². The van der Waals surface area contributed by atoms with E-state index in [2.05, 4.69) is 24.1 Å². The number of aromatic nitrogens is 2. The molecule has 2 aromatic rings. The van der Waals surface area contributed by atoms with Crippen molar-refractivity contribution in [3.05, 3.63) is 24.0 Å². The SMILES string of the molecule is CCC(C)NCc1nc2c(S(C)(=O)=O)cccc2n1C. The Hall–Kier alpha value is -1.40. The first-order chi connectivity index (χ1) is 9.34. The van der Waals surface area contributed by atoms with E-state index < -0.39 is 9.84 Å². The van der Waals surface area contributed by atoms with Crippen molar-refractivity contribution in [3.8, 4) is 0 Å². The molecule has 0 aliphatic heterocycles. The molecule has 0 spiro atoms. The number of fused-ring (bicyclic) bond motifs is 1. The number of nitrogens with zero attached hydrogens (tertiary/aromatic N) is 2. The fourth-order valence-electron chi connectivity index (χ4n) is 2.10. The van der Waals surface area contributed by atoms with Crippen molar-refractivity contribution in [2.75, 3.05) is 6.26 Å². The molecule has 0 saturated heterocycles. The van der Waals surface area contributed by atoms with E-state index in [0.29, 0.717) is 23.0 Å². The van der Waals surface area contributed by atoms with Gasteiger partial charge in [-0.3, -0.25) is 0 Å². The lowest BCUT2D eigenvalue weighted by Gasteiger charge is -2.10. The minimum absolute atomic E-state index is 0.292. The number of aryl methyl sites for hydroxylation is 1. The second kappa shape index (κ2) is 5.54. The van der Waals surface area contributed by atoms with Gasteiger partial charge in [-0.1, -0.05) is 13.0 Å². The maximum absolute atomic E-state index is 11.8. The summed E-state index contributed by atoms with van der Waals surface area (Å²) in [6.07, 6.45) is 2.26. The Labute approximate surface area is 119 Å².